The highest BCUT2D eigenvalue weighted by atomic mass is 32.1. The smallest absolute Gasteiger partial charge is 0.322 e. The summed E-state index contributed by atoms with van der Waals surface area (Å²) in [6.07, 6.45) is 0. The molecule has 0 aliphatic rings. The van der Waals surface area contributed by atoms with E-state index < -0.39 is 0 Å². The first-order chi connectivity index (χ1) is 11.0. The van der Waals surface area contributed by atoms with Crippen molar-refractivity contribution in [3.05, 3.63) is 40.2 Å². The summed E-state index contributed by atoms with van der Waals surface area (Å²) in [6.45, 7) is 1.89. The zero-order chi connectivity index (χ0) is 16.4. The van der Waals surface area contributed by atoms with E-state index in [1.807, 2.05) is 43.4 Å². The number of benzene rings is 1. The summed E-state index contributed by atoms with van der Waals surface area (Å²) in [5.41, 5.74) is 2.05. The van der Waals surface area contributed by atoms with Crippen LogP contribution in [0.2, 0.25) is 0 Å². The number of carbonyl (C=O) groups excluding carboxylic acids is 1. The number of aromatic nitrogens is 3. The van der Waals surface area contributed by atoms with E-state index in [1.165, 1.54) is 11.3 Å². The van der Waals surface area contributed by atoms with Gasteiger partial charge in [-0.2, -0.15) is 0 Å². The lowest BCUT2D eigenvalue weighted by atomic mass is 10.2. The number of nitrogens with zero attached hydrogens (tertiary/aromatic N) is 4. The van der Waals surface area contributed by atoms with Crippen LogP contribution in [0.5, 0.6) is 0 Å². The van der Waals surface area contributed by atoms with Crippen molar-refractivity contribution in [2.24, 2.45) is 0 Å². The summed E-state index contributed by atoms with van der Waals surface area (Å²) >= 11 is 1.49. The van der Waals surface area contributed by atoms with E-state index in [0.717, 1.165) is 10.7 Å². The normalized spacial score (nSPS) is 10.6. The molecule has 0 bridgehead atoms. The molecule has 0 aliphatic heterocycles. The quantitative estimate of drug-likeness (QED) is 0.792. The molecule has 1 N–H and O–H groups in total. The van der Waals surface area contributed by atoms with Gasteiger partial charge in [-0.25, -0.2) is 4.98 Å². The van der Waals surface area contributed by atoms with Gasteiger partial charge in [0, 0.05) is 30.7 Å². The van der Waals surface area contributed by atoms with Gasteiger partial charge >= 0.3 is 6.01 Å². The first-order valence-corrected chi connectivity index (χ1v) is 7.75. The molecule has 0 atom stereocenters. The third-order valence-corrected chi connectivity index (χ3v) is 3.88. The van der Waals surface area contributed by atoms with Gasteiger partial charge in [0.05, 0.1) is 5.01 Å². The molecular formula is C15H15N5O2S. The van der Waals surface area contributed by atoms with E-state index in [4.69, 9.17) is 4.42 Å². The number of anilines is 2. The van der Waals surface area contributed by atoms with Gasteiger partial charge in [-0.05, 0) is 25.1 Å². The fourth-order valence-corrected chi connectivity index (χ4v) is 2.52. The Kier molecular flexibility index (Phi) is 4.07. The van der Waals surface area contributed by atoms with Crippen LogP contribution in [-0.4, -0.2) is 35.2 Å². The van der Waals surface area contributed by atoms with Gasteiger partial charge in [-0.1, -0.05) is 11.2 Å². The van der Waals surface area contributed by atoms with Gasteiger partial charge in [0.2, 0.25) is 0 Å². The van der Waals surface area contributed by atoms with Gasteiger partial charge in [-0.15, -0.1) is 16.4 Å². The maximum atomic E-state index is 12.3. The number of hydrogen-bond donors (Lipinski definition) is 1. The third-order valence-electron chi connectivity index (χ3n) is 3.11. The average molecular weight is 329 g/mol. The van der Waals surface area contributed by atoms with Crippen molar-refractivity contribution >= 4 is 28.9 Å². The molecule has 0 saturated carbocycles. The van der Waals surface area contributed by atoms with Crippen molar-refractivity contribution in [3.8, 4) is 11.6 Å². The SMILES string of the molecule is Cc1nc(-c2nnc(NC(=O)c3cccc(N(C)C)c3)o2)cs1. The zero-order valence-corrected chi connectivity index (χ0v) is 13.7. The van der Waals surface area contributed by atoms with E-state index in [0.29, 0.717) is 11.3 Å². The molecule has 118 valence electrons. The number of hydrogen-bond acceptors (Lipinski definition) is 7. The molecule has 2 heterocycles. The fraction of sp³-hybridized carbons (Fsp3) is 0.200. The molecule has 3 aromatic rings. The second-order valence-electron chi connectivity index (χ2n) is 5.06. The average Bonchev–Trinajstić information content (AvgIpc) is 3.16. The van der Waals surface area contributed by atoms with Crippen LogP contribution in [0.1, 0.15) is 15.4 Å². The molecule has 1 aromatic carbocycles. The highest BCUT2D eigenvalue weighted by molar-refractivity contribution is 7.09. The van der Waals surface area contributed by atoms with Crippen molar-refractivity contribution in [2.75, 3.05) is 24.3 Å². The van der Waals surface area contributed by atoms with E-state index in [1.54, 1.807) is 12.1 Å². The monoisotopic (exact) mass is 329 g/mol. The lowest BCUT2D eigenvalue weighted by Gasteiger charge is -2.12. The Hall–Kier alpha value is -2.74. The third kappa shape index (κ3) is 3.37. The van der Waals surface area contributed by atoms with Crippen molar-refractivity contribution < 1.29 is 9.21 Å². The highest BCUT2D eigenvalue weighted by Crippen LogP contribution is 2.22. The Morgan fingerprint density at radius 2 is 2.13 bits per heavy atom. The van der Waals surface area contributed by atoms with E-state index >= 15 is 0 Å². The summed E-state index contributed by atoms with van der Waals surface area (Å²) < 4.78 is 5.43. The molecular weight excluding hydrogens is 314 g/mol. The van der Waals surface area contributed by atoms with Gasteiger partial charge in [0.15, 0.2) is 0 Å². The molecule has 8 heteroatoms. The number of aryl methyl sites for hydroxylation is 1. The lowest BCUT2D eigenvalue weighted by molar-refractivity contribution is 0.102. The molecule has 7 nitrogen and oxygen atoms in total. The minimum atomic E-state index is -0.307. The summed E-state index contributed by atoms with van der Waals surface area (Å²) in [5.74, 6) is -0.0231. The number of rotatable bonds is 4. The van der Waals surface area contributed by atoms with Crippen molar-refractivity contribution in [1.29, 1.82) is 0 Å². The second kappa shape index (κ2) is 6.17. The molecule has 0 aliphatic carbocycles. The second-order valence-corrected chi connectivity index (χ2v) is 6.13. The molecule has 0 fully saturated rings. The van der Waals surface area contributed by atoms with Gasteiger partial charge in [0.1, 0.15) is 5.69 Å². The predicted molar refractivity (Wildman–Crippen MR) is 88.9 cm³/mol. The predicted octanol–water partition coefficient (Wildman–Crippen LogP) is 2.82. The van der Waals surface area contributed by atoms with Crippen LogP contribution in [0.15, 0.2) is 34.1 Å². The molecule has 0 saturated heterocycles. The highest BCUT2D eigenvalue weighted by Gasteiger charge is 2.14. The number of amides is 1. The maximum absolute atomic E-state index is 12.3. The van der Waals surface area contributed by atoms with Gasteiger partial charge < -0.3 is 9.32 Å². The first-order valence-electron chi connectivity index (χ1n) is 6.87. The Bertz CT molecular complexity index is 840. The van der Waals surface area contributed by atoms with Crippen LogP contribution >= 0.6 is 11.3 Å². The Labute approximate surface area is 137 Å². The molecule has 1 amide bonds. The zero-order valence-electron chi connectivity index (χ0n) is 12.9. The topological polar surface area (TPSA) is 84.2 Å². The molecule has 0 radical (unpaired) electrons. The summed E-state index contributed by atoms with van der Waals surface area (Å²) in [4.78, 5) is 18.5. The van der Waals surface area contributed by atoms with Gasteiger partial charge in [0.25, 0.3) is 11.8 Å². The summed E-state index contributed by atoms with van der Waals surface area (Å²) in [7, 11) is 3.83. The molecule has 0 unspecified atom stereocenters. The number of thiazole rings is 1. The number of nitrogens with one attached hydrogen (secondary N) is 1. The largest absolute Gasteiger partial charge is 0.401 e. The molecule has 3 rings (SSSR count). The van der Waals surface area contributed by atoms with Crippen molar-refractivity contribution in [1.82, 2.24) is 15.2 Å². The maximum Gasteiger partial charge on any atom is 0.322 e. The van der Waals surface area contributed by atoms with Crippen molar-refractivity contribution in [3.63, 3.8) is 0 Å². The Morgan fingerprint density at radius 3 is 2.83 bits per heavy atom. The lowest BCUT2D eigenvalue weighted by Crippen LogP contribution is -2.14. The van der Waals surface area contributed by atoms with Crippen LogP contribution in [0.25, 0.3) is 11.6 Å². The molecule has 0 spiro atoms. The van der Waals surface area contributed by atoms with E-state index in [2.05, 4.69) is 20.5 Å². The molecule has 2 aromatic heterocycles. The Balaban J connectivity index is 1.76. The first kappa shape index (κ1) is 15.2. The minimum Gasteiger partial charge on any atom is -0.401 e. The van der Waals surface area contributed by atoms with Gasteiger partial charge in [-0.3, -0.25) is 10.1 Å². The molecule has 23 heavy (non-hydrogen) atoms. The summed E-state index contributed by atoms with van der Waals surface area (Å²) in [5, 5.41) is 13.1. The van der Waals surface area contributed by atoms with Crippen molar-refractivity contribution in [2.45, 2.75) is 6.92 Å². The summed E-state index contributed by atoms with van der Waals surface area (Å²) in [6, 6.07) is 7.30. The fourth-order valence-electron chi connectivity index (χ4n) is 1.93. The number of carbonyl (C=O) groups is 1. The Morgan fingerprint density at radius 1 is 1.30 bits per heavy atom. The van der Waals surface area contributed by atoms with Crippen LogP contribution in [0, 0.1) is 6.92 Å². The van der Waals surface area contributed by atoms with Crippen LogP contribution in [0.3, 0.4) is 0 Å². The van der Waals surface area contributed by atoms with Crippen LogP contribution in [0.4, 0.5) is 11.7 Å². The standard InChI is InChI=1S/C15H15N5O2S/c1-9-16-12(8-23-9)14-18-19-15(22-14)17-13(21)10-5-4-6-11(7-10)20(2)3/h4-8H,1-3H3,(H,17,19,21). The van der Waals surface area contributed by atoms with Crippen LogP contribution in [-0.2, 0) is 0 Å². The van der Waals surface area contributed by atoms with E-state index in [-0.39, 0.29) is 17.8 Å². The van der Waals surface area contributed by atoms with E-state index in [9.17, 15) is 4.79 Å². The van der Waals surface area contributed by atoms with Crippen LogP contribution < -0.4 is 10.2 Å². The minimum absolute atomic E-state index is 0.0471.